The molecule has 0 radical (unpaired) electrons. The van der Waals surface area contributed by atoms with Crippen molar-refractivity contribution in [3.8, 4) is 0 Å². The molecule has 0 saturated heterocycles. The molecule has 15 heavy (non-hydrogen) atoms. The molecule has 0 bridgehead atoms. The lowest BCUT2D eigenvalue weighted by Gasteiger charge is -2.16. The highest BCUT2D eigenvalue weighted by molar-refractivity contribution is 5.78. The van der Waals surface area contributed by atoms with Crippen LogP contribution in [0.4, 0.5) is 13.2 Å². The largest absolute Gasteiger partial charge is 0.413 e. The third-order valence-corrected chi connectivity index (χ3v) is 2.05. The number of hydrogen-bond donors (Lipinski definition) is 1. The lowest BCUT2D eigenvalue weighted by molar-refractivity contribution is -0.190. The summed E-state index contributed by atoms with van der Waals surface area (Å²) in [6.07, 6.45) is -2.45. The molecular formula is C8H13F3N2O2. The summed E-state index contributed by atoms with van der Waals surface area (Å²) in [7, 11) is 1.63. The minimum Gasteiger partial charge on any atom is -0.342 e. The smallest absolute Gasteiger partial charge is 0.342 e. The molecule has 1 aliphatic carbocycles. The van der Waals surface area contributed by atoms with Crippen molar-refractivity contribution in [2.45, 2.75) is 25.1 Å². The number of rotatable bonds is 5. The fourth-order valence-electron chi connectivity index (χ4n) is 1.04. The molecule has 0 aromatic rings. The molecule has 0 atom stereocenters. The molecule has 1 amide bonds. The van der Waals surface area contributed by atoms with Crippen molar-refractivity contribution in [3.63, 3.8) is 0 Å². The van der Waals surface area contributed by atoms with Gasteiger partial charge in [0.1, 0.15) is 6.54 Å². The van der Waals surface area contributed by atoms with Crippen molar-refractivity contribution in [1.82, 2.24) is 10.4 Å². The van der Waals surface area contributed by atoms with Crippen LogP contribution in [0.3, 0.4) is 0 Å². The number of hydroxylamine groups is 1. The summed E-state index contributed by atoms with van der Waals surface area (Å²) in [6, 6.07) is 0.252. The van der Waals surface area contributed by atoms with Crippen LogP contribution in [0, 0.1) is 0 Å². The Hall–Kier alpha value is -0.820. The van der Waals surface area contributed by atoms with Crippen LogP contribution in [0.2, 0.25) is 0 Å². The SMILES string of the molecule is CN(C(=O)CNOCC(F)(F)F)C1CC1. The van der Waals surface area contributed by atoms with Crippen molar-refractivity contribution in [2.24, 2.45) is 0 Å². The van der Waals surface area contributed by atoms with Crippen molar-refractivity contribution in [2.75, 3.05) is 20.2 Å². The number of likely N-dealkylation sites (N-methyl/N-ethyl adjacent to an activating group) is 1. The Morgan fingerprint density at radius 2 is 2.13 bits per heavy atom. The Morgan fingerprint density at radius 1 is 1.53 bits per heavy atom. The fraction of sp³-hybridized carbons (Fsp3) is 0.875. The zero-order valence-electron chi connectivity index (χ0n) is 8.30. The molecule has 0 aromatic carbocycles. The second-order valence-electron chi connectivity index (χ2n) is 3.46. The Balaban J connectivity index is 2.06. The Labute approximate surface area is 85.3 Å². The van der Waals surface area contributed by atoms with Crippen LogP contribution in [0.15, 0.2) is 0 Å². The van der Waals surface area contributed by atoms with E-state index in [0.717, 1.165) is 12.8 Å². The highest BCUT2D eigenvalue weighted by Gasteiger charge is 2.30. The lowest BCUT2D eigenvalue weighted by Crippen LogP contribution is -2.38. The van der Waals surface area contributed by atoms with E-state index in [-0.39, 0.29) is 18.5 Å². The van der Waals surface area contributed by atoms with Gasteiger partial charge in [0, 0.05) is 13.1 Å². The van der Waals surface area contributed by atoms with E-state index >= 15 is 0 Å². The maximum Gasteiger partial charge on any atom is 0.413 e. The van der Waals surface area contributed by atoms with Crippen molar-refractivity contribution < 1.29 is 22.8 Å². The van der Waals surface area contributed by atoms with Crippen molar-refractivity contribution in [1.29, 1.82) is 0 Å². The van der Waals surface area contributed by atoms with Crippen LogP contribution in [0.25, 0.3) is 0 Å². The summed E-state index contributed by atoms with van der Waals surface area (Å²) >= 11 is 0. The second kappa shape index (κ2) is 4.80. The summed E-state index contributed by atoms with van der Waals surface area (Å²) in [6.45, 7) is -1.63. The molecular weight excluding hydrogens is 213 g/mol. The number of carbonyl (C=O) groups is 1. The van der Waals surface area contributed by atoms with Gasteiger partial charge in [-0.05, 0) is 12.8 Å². The fourth-order valence-corrected chi connectivity index (χ4v) is 1.04. The number of hydrogen-bond acceptors (Lipinski definition) is 3. The van der Waals surface area contributed by atoms with E-state index < -0.39 is 12.8 Å². The molecule has 4 nitrogen and oxygen atoms in total. The van der Waals surface area contributed by atoms with E-state index in [9.17, 15) is 18.0 Å². The molecule has 88 valence electrons. The highest BCUT2D eigenvalue weighted by Crippen LogP contribution is 2.25. The van der Waals surface area contributed by atoms with Crippen LogP contribution >= 0.6 is 0 Å². The van der Waals surface area contributed by atoms with Gasteiger partial charge in [0.2, 0.25) is 5.91 Å². The Morgan fingerprint density at radius 3 is 2.60 bits per heavy atom. The molecule has 0 spiro atoms. The summed E-state index contributed by atoms with van der Waals surface area (Å²) in [5, 5.41) is 0. The van der Waals surface area contributed by atoms with Gasteiger partial charge in [-0.15, -0.1) is 0 Å². The minimum atomic E-state index is -4.38. The summed E-state index contributed by atoms with van der Waals surface area (Å²) in [5.41, 5.74) is 1.99. The van der Waals surface area contributed by atoms with Gasteiger partial charge in [-0.2, -0.15) is 18.7 Å². The van der Waals surface area contributed by atoms with Gasteiger partial charge in [0.25, 0.3) is 0 Å². The zero-order valence-corrected chi connectivity index (χ0v) is 8.30. The van der Waals surface area contributed by atoms with E-state index in [1.165, 1.54) is 4.90 Å². The van der Waals surface area contributed by atoms with Gasteiger partial charge in [0.05, 0.1) is 0 Å². The Bertz CT molecular complexity index is 228. The van der Waals surface area contributed by atoms with Gasteiger partial charge in [-0.3, -0.25) is 9.63 Å². The van der Waals surface area contributed by atoms with Gasteiger partial charge < -0.3 is 4.90 Å². The third kappa shape index (κ3) is 4.98. The minimum absolute atomic E-state index is 0.233. The number of halogens is 3. The highest BCUT2D eigenvalue weighted by atomic mass is 19.4. The Kier molecular flexibility index (Phi) is 3.92. The van der Waals surface area contributed by atoms with E-state index in [1.54, 1.807) is 7.05 Å². The van der Waals surface area contributed by atoms with Crippen molar-refractivity contribution >= 4 is 5.91 Å². The average molecular weight is 226 g/mol. The molecule has 1 aliphatic rings. The third-order valence-electron chi connectivity index (χ3n) is 2.05. The quantitative estimate of drug-likeness (QED) is 0.554. The van der Waals surface area contributed by atoms with E-state index in [2.05, 4.69) is 4.84 Å². The molecule has 0 aliphatic heterocycles. The molecule has 1 rings (SSSR count). The molecule has 0 heterocycles. The van der Waals surface area contributed by atoms with E-state index in [1.807, 2.05) is 5.48 Å². The molecule has 7 heteroatoms. The molecule has 1 fully saturated rings. The molecule has 1 N–H and O–H groups in total. The zero-order chi connectivity index (χ0) is 11.5. The maximum atomic E-state index is 11.6. The number of alkyl halides is 3. The van der Waals surface area contributed by atoms with Crippen LogP contribution in [0.5, 0.6) is 0 Å². The van der Waals surface area contributed by atoms with Crippen molar-refractivity contribution in [3.05, 3.63) is 0 Å². The first kappa shape index (κ1) is 12.3. The average Bonchev–Trinajstić information content (AvgIpc) is 2.92. The molecule has 1 saturated carbocycles. The lowest BCUT2D eigenvalue weighted by atomic mass is 10.5. The van der Waals surface area contributed by atoms with Crippen LogP contribution in [-0.2, 0) is 9.63 Å². The van der Waals surface area contributed by atoms with E-state index in [4.69, 9.17) is 0 Å². The van der Waals surface area contributed by atoms with Gasteiger partial charge in [0.15, 0.2) is 6.61 Å². The van der Waals surface area contributed by atoms with Crippen LogP contribution in [0.1, 0.15) is 12.8 Å². The topological polar surface area (TPSA) is 41.6 Å². The summed E-state index contributed by atoms with van der Waals surface area (Å²) in [4.78, 5) is 16.9. The predicted molar refractivity (Wildman–Crippen MR) is 45.8 cm³/mol. The standard InChI is InChI=1S/C8H13F3N2O2/c1-13(6-2-3-6)7(14)4-12-15-5-8(9,10)11/h6,12H,2-5H2,1H3. The van der Waals surface area contributed by atoms with Gasteiger partial charge >= 0.3 is 6.18 Å². The first-order valence-corrected chi connectivity index (χ1v) is 4.57. The second-order valence-corrected chi connectivity index (χ2v) is 3.46. The van der Waals surface area contributed by atoms with E-state index in [0.29, 0.717) is 0 Å². The predicted octanol–water partition coefficient (Wildman–Crippen LogP) is 0.691. The number of amides is 1. The van der Waals surface area contributed by atoms with Crippen LogP contribution < -0.4 is 5.48 Å². The first-order valence-electron chi connectivity index (χ1n) is 4.57. The first-order chi connectivity index (χ1) is 6.90. The normalized spacial score (nSPS) is 16.5. The molecule has 0 aromatic heterocycles. The van der Waals surface area contributed by atoms with Gasteiger partial charge in [-0.1, -0.05) is 0 Å². The van der Waals surface area contributed by atoms with Gasteiger partial charge in [-0.25, -0.2) is 0 Å². The number of nitrogens with zero attached hydrogens (tertiary/aromatic N) is 1. The number of carbonyl (C=O) groups excluding carboxylic acids is 1. The monoisotopic (exact) mass is 226 g/mol. The maximum absolute atomic E-state index is 11.6. The molecule has 0 unspecified atom stereocenters. The summed E-state index contributed by atoms with van der Waals surface area (Å²) in [5.74, 6) is -0.264. The summed E-state index contributed by atoms with van der Waals surface area (Å²) < 4.78 is 34.8. The van der Waals surface area contributed by atoms with Crippen LogP contribution in [-0.4, -0.2) is 43.2 Å². The number of nitrogens with one attached hydrogen (secondary N) is 1.